The third kappa shape index (κ3) is 3.06. The Kier molecular flexibility index (Phi) is 5.20. The highest BCUT2D eigenvalue weighted by Crippen LogP contribution is 2.54. The molecule has 0 amide bonds. The molecule has 3 nitrogen and oxygen atoms in total. The van der Waals surface area contributed by atoms with E-state index in [1.165, 1.54) is 27.8 Å². The van der Waals surface area contributed by atoms with Crippen LogP contribution in [0.4, 0.5) is 0 Å². The van der Waals surface area contributed by atoms with E-state index in [1.807, 2.05) is 12.1 Å². The van der Waals surface area contributed by atoms with Crippen molar-refractivity contribution in [3.63, 3.8) is 0 Å². The van der Waals surface area contributed by atoms with E-state index in [4.69, 9.17) is 4.42 Å². The van der Waals surface area contributed by atoms with Crippen LogP contribution < -0.4 is 5.43 Å². The van der Waals surface area contributed by atoms with Crippen molar-refractivity contribution in [2.45, 2.75) is 64.7 Å². The van der Waals surface area contributed by atoms with Crippen LogP contribution in [0.5, 0.6) is 5.75 Å². The van der Waals surface area contributed by atoms with Gasteiger partial charge in [-0.15, -0.1) is 0 Å². The number of hydrogen-bond donors (Lipinski definition) is 1. The van der Waals surface area contributed by atoms with Crippen molar-refractivity contribution >= 4 is 11.0 Å². The van der Waals surface area contributed by atoms with Crippen LogP contribution in [0.2, 0.25) is 0 Å². The molecule has 3 heteroatoms. The van der Waals surface area contributed by atoms with Crippen LogP contribution in [0.15, 0.2) is 69.9 Å². The number of rotatable bonds is 5. The van der Waals surface area contributed by atoms with Crippen molar-refractivity contribution in [2.24, 2.45) is 0 Å². The second-order valence-electron chi connectivity index (χ2n) is 10.2. The molecular formula is C31H32O3. The molecule has 0 spiro atoms. The van der Waals surface area contributed by atoms with Crippen molar-refractivity contribution in [3.05, 3.63) is 87.6 Å². The molecule has 0 radical (unpaired) electrons. The molecule has 0 saturated heterocycles. The summed E-state index contributed by atoms with van der Waals surface area (Å²) in [5.74, 6) is -0.101. The maximum atomic E-state index is 12.8. The summed E-state index contributed by atoms with van der Waals surface area (Å²) in [7, 11) is 0. The maximum absolute atomic E-state index is 12.8. The molecule has 0 aliphatic heterocycles. The third-order valence-corrected chi connectivity index (χ3v) is 8.27. The highest BCUT2D eigenvalue weighted by molar-refractivity contribution is 5.86. The number of fused-ring (bicyclic) bond motifs is 4. The lowest BCUT2D eigenvalue weighted by atomic mass is 9.72. The van der Waals surface area contributed by atoms with E-state index in [0.29, 0.717) is 11.0 Å². The number of aromatic hydroxyl groups is 1. The summed E-state index contributed by atoms with van der Waals surface area (Å²) >= 11 is 0. The van der Waals surface area contributed by atoms with Crippen molar-refractivity contribution < 1.29 is 9.52 Å². The normalized spacial score (nSPS) is 14.3. The summed E-state index contributed by atoms with van der Waals surface area (Å²) in [5, 5.41) is 11.2. The minimum atomic E-state index is -0.399. The Labute approximate surface area is 201 Å². The molecule has 0 fully saturated rings. The average Bonchev–Trinajstić information content (AvgIpc) is 3.15. The molecule has 0 atom stereocenters. The summed E-state index contributed by atoms with van der Waals surface area (Å²) in [6, 6.07) is 20.2. The zero-order chi connectivity index (χ0) is 24.3. The fourth-order valence-electron chi connectivity index (χ4n) is 5.60. The van der Waals surface area contributed by atoms with Crippen LogP contribution in [0.25, 0.3) is 33.4 Å². The van der Waals surface area contributed by atoms with Gasteiger partial charge in [0.1, 0.15) is 5.58 Å². The molecule has 0 unspecified atom stereocenters. The first-order chi connectivity index (χ1) is 16.3. The third-order valence-electron chi connectivity index (χ3n) is 8.27. The lowest BCUT2D eigenvalue weighted by molar-refractivity contribution is 0.449. The van der Waals surface area contributed by atoms with Gasteiger partial charge in [-0.25, -0.2) is 0 Å². The van der Waals surface area contributed by atoms with Crippen molar-refractivity contribution in [3.8, 4) is 28.2 Å². The smallest absolute Gasteiger partial charge is 0.235 e. The number of benzene rings is 3. The van der Waals surface area contributed by atoms with E-state index < -0.39 is 5.43 Å². The summed E-state index contributed by atoms with van der Waals surface area (Å²) in [6.45, 7) is 11.4. The molecule has 174 valence electrons. The molecule has 3 aromatic carbocycles. The molecule has 0 bridgehead atoms. The van der Waals surface area contributed by atoms with Gasteiger partial charge in [-0.2, -0.15) is 0 Å². The molecule has 34 heavy (non-hydrogen) atoms. The Morgan fingerprint density at radius 3 is 2.21 bits per heavy atom. The SMILES string of the molecule is CCC(C)(C)c1ccc2c(c1)C(CC)(CC)c1cc(-c3oc4ccccc4c(=O)c3O)ccc1-2. The molecule has 0 saturated carbocycles. The number of para-hydroxylation sites is 1. The first-order valence-corrected chi connectivity index (χ1v) is 12.3. The van der Waals surface area contributed by atoms with E-state index in [0.717, 1.165) is 24.8 Å². The quantitative estimate of drug-likeness (QED) is 0.334. The van der Waals surface area contributed by atoms with E-state index in [9.17, 15) is 9.90 Å². The van der Waals surface area contributed by atoms with Crippen LogP contribution in [-0.2, 0) is 10.8 Å². The monoisotopic (exact) mass is 452 g/mol. The van der Waals surface area contributed by atoms with Crippen LogP contribution in [0.3, 0.4) is 0 Å². The second kappa shape index (κ2) is 7.87. The predicted octanol–water partition coefficient (Wildman–Crippen LogP) is 7.94. The largest absolute Gasteiger partial charge is 0.502 e. The first kappa shape index (κ1) is 22.5. The summed E-state index contributed by atoms with van der Waals surface area (Å²) in [5.41, 5.74) is 7.31. The molecule has 4 aromatic rings. The van der Waals surface area contributed by atoms with Crippen molar-refractivity contribution in [2.75, 3.05) is 0 Å². The van der Waals surface area contributed by atoms with Gasteiger partial charge in [0.15, 0.2) is 5.76 Å². The zero-order valence-electron chi connectivity index (χ0n) is 20.7. The molecule has 1 N–H and O–H groups in total. The van der Waals surface area contributed by atoms with Gasteiger partial charge >= 0.3 is 0 Å². The predicted molar refractivity (Wildman–Crippen MR) is 140 cm³/mol. The second-order valence-corrected chi connectivity index (χ2v) is 10.2. The van der Waals surface area contributed by atoms with Gasteiger partial charge in [0.05, 0.1) is 5.39 Å². The van der Waals surface area contributed by atoms with Crippen molar-refractivity contribution in [1.82, 2.24) is 0 Å². The topological polar surface area (TPSA) is 50.4 Å². The van der Waals surface area contributed by atoms with Crippen LogP contribution in [-0.4, -0.2) is 5.11 Å². The van der Waals surface area contributed by atoms with Crippen LogP contribution in [0, 0.1) is 0 Å². The molecule has 5 rings (SSSR count). The molecular weight excluding hydrogens is 420 g/mol. The van der Waals surface area contributed by atoms with E-state index in [-0.39, 0.29) is 22.3 Å². The minimum Gasteiger partial charge on any atom is -0.502 e. The Balaban J connectivity index is 1.73. The Morgan fingerprint density at radius 1 is 0.882 bits per heavy atom. The average molecular weight is 453 g/mol. The highest BCUT2D eigenvalue weighted by atomic mass is 16.4. The zero-order valence-corrected chi connectivity index (χ0v) is 20.7. The van der Waals surface area contributed by atoms with Crippen LogP contribution >= 0.6 is 0 Å². The Hall–Kier alpha value is -3.33. The van der Waals surface area contributed by atoms with Gasteiger partial charge in [0.25, 0.3) is 0 Å². The Morgan fingerprint density at radius 2 is 1.53 bits per heavy atom. The van der Waals surface area contributed by atoms with Gasteiger partial charge in [0.2, 0.25) is 11.2 Å². The van der Waals surface area contributed by atoms with Gasteiger partial charge in [-0.3, -0.25) is 4.79 Å². The van der Waals surface area contributed by atoms with Gasteiger partial charge in [-0.05, 0) is 70.7 Å². The van der Waals surface area contributed by atoms with E-state index in [1.54, 1.807) is 18.2 Å². The van der Waals surface area contributed by atoms with Gasteiger partial charge < -0.3 is 9.52 Å². The Bertz CT molecular complexity index is 1470. The number of hydrogen-bond acceptors (Lipinski definition) is 3. The first-order valence-electron chi connectivity index (χ1n) is 12.3. The standard InChI is InChI=1S/C31H32O3/c1-6-30(4,5)20-14-16-22-21-15-13-19(17-24(21)31(7-2,8-3)25(22)18-20)29-28(33)27(32)23-11-9-10-12-26(23)34-29/h9-18,33H,6-8H2,1-5H3. The maximum Gasteiger partial charge on any atom is 0.235 e. The molecule has 1 aliphatic carbocycles. The minimum absolute atomic E-state index is 0.114. The van der Waals surface area contributed by atoms with Crippen LogP contribution in [0.1, 0.15) is 70.6 Å². The summed E-state index contributed by atoms with van der Waals surface area (Å²) < 4.78 is 6.06. The van der Waals surface area contributed by atoms with Crippen molar-refractivity contribution in [1.29, 1.82) is 0 Å². The summed E-state index contributed by atoms with van der Waals surface area (Å²) in [4.78, 5) is 12.8. The fraction of sp³-hybridized carbons (Fsp3) is 0.323. The summed E-state index contributed by atoms with van der Waals surface area (Å²) in [6.07, 6.45) is 3.02. The lowest BCUT2D eigenvalue weighted by Gasteiger charge is -2.32. The fourth-order valence-corrected chi connectivity index (χ4v) is 5.60. The molecule has 1 aliphatic rings. The van der Waals surface area contributed by atoms with Gasteiger partial charge in [0, 0.05) is 11.0 Å². The molecule has 1 aromatic heterocycles. The highest BCUT2D eigenvalue weighted by Gasteiger charge is 2.41. The lowest BCUT2D eigenvalue weighted by Crippen LogP contribution is -2.24. The van der Waals surface area contributed by atoms with E-state index >= 15 is 0 Å². The van der Waals surface area contributed by atoms with E-state index in [2.05, 4.69) is 65.0 Å². The molecule has 1 heterocycles. The van der Waals surface area contributed by atoms with Gasteiger partial charge in [-0.1, -0.05) is 77.1 Å².